The second kappa shape index (κ2) is 7.74. The van der Waals surface area contributed by atoms with E-state index in [-0.39, 0.29) is 4.90 Å². The molecule has 1 amide bonds. The van der Waals surface area contributed by atoms with Crippen molar-refractivity contribution < 1.29 is 17.9 Å². The summed E-state index contributed by atoms with van der Waals surface area (Å²) in [5.41, 5.74) is 6.00. The molecular formula is C12H18BrN3O4S. The SMILES string of the molecule is COCCNC(=O)C(C)NS(=O)(=O)c1ccc(N)cc1Br. The molecule has 0 bridgehead atoms. The van der Waals surface area contributed by atoms with Gasteiger partial charge in [0.1, 0.15) is 0 Å². The third-order valence-electron chi connectivity index (χ3n) is 2.58. The maximum Gasteiger partial charge on any atom is 0.242 e. The lowest BCUT2D eigenvalue weighted by Crippen LogP contribution is -2.45. The Morgan fingerprint density at radius 3 is 2.71 bits per heavy atom. The van der Waals surface area contributed by atoms with Crippen LogP contribution in [-0.4, -0.2) is 40.6 Å². The average Bonchev–Trinajstić information content (AvgIpc) is 2.37. The molecule has 0 heterocycles. The predicted molar refractivity (Wildman–Crippen MR) is 83.2 cm³/mol. The van der Waals surface area contributed by atoms with Crippen molar-refractivity contribution >= 4 is 37.5 Å². The molecule has 1 aromatic carbocycles. The van der Waals surface area contributed by atoms with Gasteiger partial charge in [-0.25, -0.2) is 8.42 Å². The maximum atomic E-state index is 12.2. The number of methoxy groups -OCH3 is 1. The number of carbonyl (C=O) groups excluding carboxylic acids is 1. The first-order valence-electron chi connectivity index (χ1n) is 6.12. The molecule has 0 aromatic heterocycles. The first kappa shape index (κ1) is 17.9. The fourth-order valence-electron chi connectivity index (χ4n) is 1.51. The molecule has 118 valence electrons. The highest BCUT2D eigenvalue weighted by Crippen LogP contribution is 2.24. The van der Waals surface area contributed by atoms with E-state index < -0.39 is 22.0 Å². The van der Waals surface area contributed by atoms with Crippen molar-refractivity contribution in [1.29, 1.82) is 0 Å². The minimum Gasteiger partial charge on any atom is -0.399 e. The molecule has 9 heteroatoms. The summed E-state index contributed by atoms with van der Waals surface area (Å²) in [6.07, 6.45) is 0. The van der Waals surface area contributed by atoms with Crippen molar-refractivity contribution in [2.45, 2.75) is 17.9 Å². The van der Waals surface area contributed by atoms with Gasteiger partial charge in [0.15, 0.2) is 0 Å². The maximum absolute atomic E-state index is 12.2. The van der Waals surface area contributed by atoms with Gasteiger partial charge in [0.25, 0.3) is 0 Å². The molecule has 0 saturated carbocycles. The van der Waals surface area contributed by atoms with E-state index in [1.165, 1.54) is 32.2 Å². The van der Waals surface area contributed by atoms with E-state index >= 15 is 0 Å². The van der Waals surface area contributed by atoms with Crippen LogP contribution in [0, 0.1) is 0 Å². The fraction of sp³-hybridized carbons (Fsp3) is 0.417. The highest BCUT2D eigenvalue weighted by molar-refractivity contribution is 9.10. The molecule has 0 spiro atoms. The topological polar surface area (TPSA) is 111 Å². The van der Waals surface area contributed by atoms with Gasteiger partial charge in [-0.15, -0.1) is 0 Å². The van der Waals surface area contributed by atoms with Gasteiger partial charge in [0.05, 0.1) is 17.5 Å². The molecule has 0 aliphatic rings. The van der Waals surface area contributed by atoms with Crippen molar-refractivity contribution in [3.63, 3.8) is 0 Å². The molecule has 0 aliphatic carbocycles. The van der Waals surface area contributed by atoms with E-state index in [2.05, 4.69) is 26.0 Å². The van der Waals surface area contributed by atoms with Crippen LogP contribution in [0.25, 0.3) is 0 Å². The largest absolute Gasteiger partial charge is 0.399 e. The lowest BCUT2D eigenvalue weighted by atomic mass is 10.3. The van der Waals surface area contributed by atoms with Crippen molar-refractivity contribution in [3.05, 3.63) is 22.7 Å². The van der Waals surface area contributed by atoms with Crippen LogP contribution in [0.1, 0.15) is 6.92 Å². The second-order valence-electron chi connectivity index (χ2n) is 4.32. The number of nitrogens with two attached hydrogens (primary N) is 1. The van der Waals surface area contributed by atoms with Crippen molar-refractivity contribution in [2.75, 3.05) is 26.0 Å². The van der Waals surface area contributed by atoms with E-state index in [0.29, 0.717) is 23.3 Å². The van der Waals surface area contributed by atoms with Gasteiger partial charge in [-0.2, -0.15) is 4.72 Å². The monoisotopic (exact) mass is 379 g/mol. The lowest BCUT2D eigenvalue weighted by Gasteiger charge is -2.15. The summed E-state index contributed by atoms with van der Waals surface area (Å²) in [5, 5.41) is 2.56. The number of ether oxygens (including phenoxy) is 1. The van der Waals surface area contributed by atoms with Crippen LogP contribution in [0.4, 0.5) is 5.69 Å². The Kier molecular flexibility index (Phi) is 6.59. The Hall–Kier alpha value is -1.16. The van der Waals surface area contributed by atoms with Crippen LogP contribution in [0.3, 0.4) is 0 Å². The zero-order chi connectivity index (χ0) is 16.0. The summed E-state index contributed by atoms with van der Waals surface area (Å²) < 4.78 is 31.9. The number of rotatable bonds is 7. The zero-order valence-corrected chi connectivity index (χ0v) is 14.1. The number of anilines is 1. The molecule has 1 rings (SSSR count). The van der Waals surface area contributed by atoms with Gasteiger partial charge in [-0.1, -0.05) is 0 Å². The Balaban J connectivity index is 2.78. The van der Waals surface area contributed by atoms with Gasteiger partial charge < -0.3 is 15.8 Å². The smallest absolute Gasteiger partial charge is 0.242 e. The van der Waals surface area contributed by atoms with Crippen LogP contribution in [0.2, 0.25) is 0 Å². The standard InChI is InChI=1S/C12H18BrN3O4S/c1-8(12(17)15-5-6-20-2)16-21(18,19)11-4-3-9(14)7-10(11)13/h3-4,7-8,16H,5-6,14H2,1-2H3,(H,15,17). The number of nitrogens with one attached hydrogen (secondary N) is 2. The summed E-state index contributed by atoms with van der Waals surface area (Å²) >= 11 is 3.14. The minimum atomic E-state index is -3.83. The third kappa shape index (κ3) is 5.27. The molecule has 1 atom stereocenters. The molecule has 0 radical (unpaired) electrons. The summed E-state index contributed by atoms with van der Waals surface area (Å²) in [6, 6.07) is 3.42. The average molecular weight is 380 g/mol. The summed E-state index contributed by atoms with van der Waals surface area (Å²) in [4.78, 5) is 11.8. The van der Waals surface area contributed by atoms with E-state index in [0.717, 1.165) is 0 Å². The Labute approximate surface area is 132 Å². The van der Waals surface area contributed by atoms with E-state index in [9.17, 15) is 13.2 Å². The molecule has 4 N–H and O–H groups in total. The van der Waals surface area contributed by atoms with Crippen LogP contribution >= 0.6 is 15.9 Å². The van der Waals surface area contributed by atoms with Crippen LogP contribution in [0.15, 0.2) is 27.6 Å². The molecule has 1 unspecified atom stereocenters. The minimum absolute atomic E-state index is 0.0215. The summed E-state index contributed by atoms with van der Waals surface area (Å²) in [5.74, 6) is -0.429. The van der Waals surface area contributed by atoms with Crippen LogP contribution in [-0.2, 0) is 19.6 Å². The number of hydrogen-bond acceptors (Lipinski definition) is 5. The molecule has 0 fully saturated rings. The summed E-state index contributed by atoms with van der Waals surface area (Å²) in [6.45, 7) is 2.13. The summed E-state index contributed by atoms with van der Waals surface area (Å²) in [7, 11) is -2.32. The highest BCUT2D eigenvalue weighted by atomic mass is 79.9. The molecular weight excluding hydrogens is 362 g/mol. The second-order valence-corrected chi connectivity index (χ2v) is 6.85. The fourth-order valence-corrected chi connectivity index (χ4v) is 3.81. The Bertz CT molecular complexity index is 607. The van der Waals surface area contributed by atoms with Gasteiger partial charge in [-0.05, 0) is 41.1 Å². The van der Waals surface area contributed by atoms with Crippen molar-refractivity contribution in [2.24, 2.45) is 0 Å². The third-order valence-corrected chi connectivity index (χ3v) is 5.09. The van der Waals surface area contributed by atoms with Crippen molar-refractivity contribution in [3.8, 4) is 0 Å². The lowest BCUT2D eigenvalue weighted by molar-refractivity contribution is -0.122. The molecule has 0 aliphatic heterocycles. The van der Waals surface area contributed by atoms with Gasteiger partial charge in [0, 0.05) is 23.8 Å². The van der Waals surface area contributed by atoms with Crippen molar-refractivity contribution in [1.82, 2.24) is 10.0 Å². The number of nitrogen functional groups attached to an aromatic ring is 1. The zero-order valence-electron chi connectivity index (χ0n) is 11.7. The number of hydrogen-bond donors (Lipinski definition) is 3. The first-order chi connectivity index (χ1) is 9.77. The molecule has 7 nitrogen and oxygen atoms in total. The predicted octanol–water partition coefficient (Wildman–Crippen LogP) is 0.461. The van der Waals surface area contributed by atoms with E-state index in [1.807, 2.05) is 0 Å². The number of halogens is 1. The number of sulfonamides is 1. The number of benzene rings is 1. The molecule has 1 aromatic rings. The van der Waals surface area contributed by atoms with E-state index in [4.69, 9.17) is 10.5 Å². The number of carbonyl (C=O) groups is 1. The number of amides is 1. The Morgan fingerprint density at radius 1 is 1.48 bits per heavy atom. The van der Waals surface area contributed by atoms with Gasteiger partial charge >= 0.3 is 0 Å². The normalized spacial score (nSPS) is 12.9. The van der Waals surface area contributed by atoms with Crippen LogP contribution < -0.4 is 15.8 Å². The van der Waals surface area contributed by atoms with Gasteiger partial charge in [-0.3, -0.25) is 4.79 Å². The van der Waals surface area contributed by atoms with Crippen LogP contribution in [0.5, 0.6) is 0 Å². The van der Waals surface area contributed by atoms with Gasteiger partial charge in [0.2, 0.25) is 15.9 Å². The van der Waals surface area contributed by atoms with E-state index in [1.54, 1.807) is 0 Å². The molecule has 21 heavy (non-hydrogen) atoms. The quantitative estimate of drug-likeness (QED) is 0.470. The molecule has 0 saturated heterocycles. The first-order valence-corrected chi connectivity index (χ1v) is 8.39. The Morgan fingerprint density at radius 2 is 2.14 bits per heavy atom. The highest BCUT2D eigenvalue weighted by Gasteiger charge is 2.23.